The molecule has 0 spiro atoms. The Bertz CT molecular complexity index is 564. The fraction of sp³-hybridized carbons (Fsp3) is 0.231. The first-order valence-corrected chi connectivity index (χ1v) is 5.29. The minimum absolute atomic E-state index is 0.102. The highest BCUT2D eigenvalue weighted by molar-refractivity contribution is 6.07. The van der Waals surface area contributed by atoms with Crippen molar-refractivity contribution < 1.29 is 9.18 Å². The van der Waals surface area contributed by atoms with Crippen molar-refractivity contribution in [1.82, 2.24) is 9.55 Å². The lowest BCUT2D eigenvalue weighted by atomic mass is 10.0. The summed E-state index contributed by atoms with van der Waals surface area (Å²) in [4.78, 5) is 16.1. The van der Waals surface area contributed by atoms with Gasteiger partial charge in [0.05, 0.1) is 5.56 Å². The van der Waals surface area contributed by atoms with Crippen LogP contribution in [0.5, 0.6) is 0 Å². The molecule has 1 aromatic carbocycles. The Hall–Kier alpha value is -1.97. The molecule has 0 saturated heterocycles. The van der Waals surface area contributed by atoms with E-state index >= 15 is 0 Å². The average Bonchev–Trinajstić information content (AvgIpc) is 2.62. The second-order valence-corrected chi connectivity index (χ2v) is 4.13. The van der Waals surface area contributed by atoms with Crippen molar-refractivity contribution in [3.05, 3.63) is 52.9 Å². The zero-order valence-corrected chi connectivity index (χ0v) is 9.99. The third kappa shape index (κ3) is 1.98. The Morgan fingerprint density at radius 1 is 1.35 bits per heavy atom. The van der Waals surface area contributed by atoms with Crippen LogP contribution in [0.2, 0.25) is 0 Å². The molecule has 2 aromatic rings. The van der Waals surface area contributed by atoms with Gasteiger partial charge in [0.2, 0.25) is 5.78 Å². The van der Waals surface area contributed by atoms with Crippen molar-refractivity contribution in [1.29, 1.82) is 0 Å². The maximum atomic E-state index is 13.8. The summed E-state index contributed by atoms with van der Waals surface area (Å²) in [6.45, 7) is 3.53. The summed E-state index contributed by atoms with van der Waals surface area (Å²) in [5, 5.41) is 0. The van der Waals surface area contributed by atoms with Gasteiger partial charge in [-0.25, -0.2) is 9.37 Å². The number of nitrogens with zero attached hydrogens (tertiary/aromatic N) is 2. The molecule has 2 rings (SSSR count). The number of aromatic nitrogens is 2. The zero-order valence-electron chi connectivity index (χ0n) is 9.99. The van der Waals surface area contributed by atoms with Gasteiger partial charge in [0.25, 0.3) is 0 Å². The summed E-state index contributed by atoms with van der Waals surface area (Å²) < 4.78 is 15.4. The van der Waals surface area contributed by atoms with Crippen molar-refractivity contribution in [2.75, 3.05) is 0 Å². The van der Waals surface area contributed by atoms with E-state index in [0.29, 0.717) is 5.56 Å². The molecule has 0 aliphatic carbocycles. The highest BCUT2D eigenvalue weighted by Crippen LogP contribution is 2.18. The molecular formula is C13H13FN2O. The summed E-state index contributed by atoms with van der Waals surface area (Å²) in [6.07, 6.45) is 3.18. The first-order chi connectivity index (χ1) is 8.00. The van der Waals surface area contributed by atoms with Gasteiger partial charge >= 0.3 is 0 Å². The van der Waals surface area contributed by atoms with E-state index < -0.39 is 5.82 Å². The number of carbonyl (C=O) groups excluding carboxylic acids is 1. The Kier molecular flexibility index (Phi) is 2.79. The molecule has 88 valence electrons. The second kappa shape index (κ2) is 4.13. The van der Waals surface area contributed by atoms with E-state index in [1.54, 1.807) is 37.7 Å². The number of ketones is 1. The van der Waals surface area contributed by atoms with Gasteiger partial charge in [0.15, 0.2) is 5.82 Å². The van der Waals surface area contributed by atoms with Crippen molar-refractivity contribution >= 4 is 5.78 Å². The van der Waals surface area contributed by atoms with E-state index in [-0.39, 0.29) is 17.2 Å². The van der Waals surface area contributed by atoms with Crippen LogP contribution in [0.3, 0.4) is 0 Å². The maximum absolute atomic E-state index is 13.8. The highest BCUT2D eigenvalue weighted by Gasteiger charge is 2.20. The molecule has 4 heteroatoms. The highest BCUT2D eigenvalue weighted by atomic mass is 19.1. The first kappa shape index (κ1) is 11.5. The molecule has 3 nitrogen and oxygen atoms in total. The molecule has 0 amide bonds. The minimum atomic E-state index is -0.490. The van der Waals surface area contributed by atoms with Crippen LogP contribution in [-0.2, 0) is 7.05 Å². The number of imidazole rings is 1. The average molecular weight is 232 g/mol. The summed E-state index contributed by atoms with van der Waals surface area (Å²) in [5.41, 5.74) is 1.54. The fourth-order valence-corrected chi connectivity index (χ4v) is 1.90. The maximum Gasteiger partial charge on any atom is 0.231 e. The summed E-state index contributed by atoms with van der Waals surface area (Å²) >= 11 is 0. The molecule has 0 fully saturated rings. The molecule has 0 atom stereocenters. The van der Waals surface area contributed by atoms with Crippen LogP contribution in [0.4, 0.5) is 4.39 Å². The van der Waals surface area contributed by atoms with Crippen LogP contribution < -0.4 is 0 Å². The van der Waals surface area contributed by atoms with Crippen LogP contribution in [0, 0.1) is 19.7 Å². The predicted octanol–water partition coefficient (Wildman–Crippen LogP) is 2.41. The van der Waals surface area contributed by atoms with Gasteiger partial charge in [-0.3, -0.25) is 4.79 Å². The lowest BCUT2D eigenvalue weighted by molar-refractivity contribution is 0.102. The summed E-state index contributed by atoms with van der Waals surface area (Å²) in [6, 6.07) is 3.16. The smallest absolute Gasteiger partial charge is 0.231 e. The summed E-state index contributed by atoms with van der Waals surface area (Å²) in [5.74, 6) is -0.626. The van der Waals surface area contributed by atoms with Gasteiger partial charge < -0.3 is 4.57 Å². The molecular weight excluding hydrogens is 219 g/mol. The van der Waals surface area contributed by atoms with Gasteiger partial charge in [-0.1, -0.05) is 6.07 Å². The van der Waals surface area contributed by atoms with Crippen molar-refractivity contribution in [2.24, 2.45) is 7.05 Å². The topological polar surface area (TPSA) is 34.9 Å². The number of halogens is 1. The van der Waals surface area contributed by atoms with E-state index in [1.165, 1.54) is 12.3 Å². The molecule has 0 N–H and O–H groups in total. The zero-order chi connectivity index (χ0) is 12.6. The van der Waals surface area contributed by atoms with Crippen molar-refractivity contribution in [2.45, 2.75) is 13.8 Å². The Morgan fingerprint density at radius 2 is 2.06 bits per heavy atom. The lowest BCUT2D eigenvalue weighted by Gasteiger charge is -2.07. The van der Waals surface area contributed by atoms with Crippen LogP contribution in [0.25, 0.3) is 0 Å². The molecule has 0 radical (unpaired) electrons. The van der Waals surface area contributed by atoms with E-state index in [1.807, 2.05) is 0 Å². The molecule has 0 aliphatic heterocycles. The normalized spacial score (nSPS) is 10.6. The fourth-order valence-electron chi connectivity index (χ4n) is 1.90. The molecule has 0 bridgehead atoms. The molecule has 0 aliphatic rings. The van der Waals surface area contributed by atoms with Gasteiger partial charge in [-0.05, 0) is 31.0 Å². The minimum Gasteiger partial charge on any atom is -0.331 e. The third-order valence-corrected chi connectivity index (χ3v) is 2.68. The van der Waals surface area contributed by atoms with E-state index in [4.69, 9.17) is 0 Å². The van der Waals surface area contributed by atoms with E-state index in [9.17, 15) is 9.18 Å². The predicted molar refractivity (Wildman–Crippen MR) is 62.5 cm³/mol. The third-order valence-electron chi connectivity index (χ3n) is 2.68. The van der Waals surface area contributed by atoms with Crippen molar-refractivity contribution in [3.8, 4) is 0 Å². The standard InChI is InChI=1S/C13H13FN2O/c1-8-6-9(2)11(10(14)7-8)12(17)13-15-4-5-16(13)3/h4-7H,1-3H3. The molecule has 1 heterocycles. The Morgan fingerprint density at radius 3 is 2.59 bits per heavy atom. The number of hydrogen-bond donors (Lipinski definition) is 0. The van der Waals surface area contributed by atoms with Crippen LogP contribution >= 0.6 is 0 Å². The van der Waals surface area contributed by atoms with Gasteiger partial charge in [-0.2, -0.15) is 0 Å². The Balaban J connectivity index is 2.56. The number of hydrogen-bond acceptors (Lipinski definition) is 2. The molecule has 0 unspecified atom stereocenters. The van der Waals surface area contributed by atoms with Gasteiger partial charge in [0.1, 0.15) is 5.82 Å². The second-order valence-electron chi connectivity index (χ2n) is 4.13. The first-order valence-electron chi connectivity index (χ1n) is 5.29. The number of benzene rings is 1. The molecule has 17 heavy (non-hydrogen) atoms. The molecule has 0 saturated carbocycles. The number of aryl methyl sites for hydroxylation is 3. The van der Waals surface area contributed by atoms with Crippen LogP contribution in [0.15, 0.2) is 24.5 Å². The lowest BCUT2D eigenvalue weighted by Crippen LogP contribution is -2.12. The van der Waals surface area contributed by atoms with Crippen LogP contribution in [-0.4, -0.2) is 15.3 Å². The van der Waals surface area contributed by atoms with Crippen LogP contribution in [0.1, 0.15) is 27.3 Å². The molecule has 1 aromatic heterocycles. The monoisotopic (exact) mass is 232 g/mol. The SMILES string of the molecule is Cc1cc(C)c(C(=O)c2nccn2C)c(F)c1. The quantitative estimate of drug-likeness (QED) is 0.745. The number of rotatable bonds is 2. The largest absolute Gasteiger partial charge is 0.331 e. The Labute approximate surface area is 98.9 Å². The van der Waals surface area contributed by atoms with E-state index in [2.05, 4.69) is 4.98 Å². The number of carbonyl (C=O) groups is 1. The van der Waals surface area contributed by atoms with Crippen molar-refractivity contribution in [3.63, 3.8) is 0 Å². The van der Waals surface area contributed by atoms with E-state index in [0.717, 1.165) is 5.56 Å². The summed E-state index contributed by atoms with van der Waals surface area (Å²) in [7, 11) is 1.71. The van der Waals surface area contributed by atoms with Gasteiger partial charge in [0, 0.05) is 19.4 Å². The van der Waals surface area contributed by atoms with Gasteiger partial charge in [-0.15, -0.1) is 0 Å².